The summed E-state index contributed by atoms with van der Waals surface area (Å²) in [6, 6.07) is 46.8. The normalized spacial score (nSPS) is 21.4. The molecule has 2 saturated carbocycles. The van der Waals surface area contributed by atoms with Gasteiger partial charge in [0.25, 0.3) is 0 Å². The van der Waals surface area contributed by atoms with Gasteiger partial charge >= 0.3 is 0 Å². The quantitative estimate of drug-likeness (QED) is 0.125. The predicted molar refractivity (Wildman–Crippen MR) is 256 cm³/mol. The van der Waals surface area contributed by atoms with E-state index in [9.17, 15) is 0 Å². The lowest BCUT2D eigenvalue weighted by Gasteiger charge is -2.56. The van der Waals surface area contributed by atoms with E-state index in [1.54, 1.807) is 42.3 Å². The van der Waals surface area contributed by atoms with E-state index >= 15 is 0 Å². The van der Waals surface area contributed by atoms with Crippen molar-refractivity contribution in [3.05, 3.63) is 167 Å². The van der Waals surface area contributed by atoms with Crippen molar-refractivity contribution >= 4 is 45.0 Å². The Morgan fingerprint density at radius 2 is 0.684 bits per heavy atom. The van der Waals surface area contributed by atoms with Gasteiger partial charge in [-0.1, -0.05) is 272 Å². The molecule has 0 aromatic heterocycles. The van der Waals surface area contributed by atoms with Crippen molar-refractivity contribution < 1.29 is 0 Å². The molecule has 0 radical (unpaired) electrons. The molecular formula is C54H68Si3. The number of rotatable bonds is 12. The van der Waals surface area contributed by atoms with Crippen LogP contribution >= 0.6 is 0 Å². The van der Waals surface area contributed by atoms with Gasteiger partial charge in [-0.2, -0.15) is 0 Å². The van der Waals surface area contributed by atoms with Crippen LogP contribution in [-0.4, -0.2) is 24.2 Å². The average Bonchev–Trinajstić information content (AvgIpc) is 3.93. The molecule has 4 aliphatic rings. The lowest BCUT2D eigenvalue weighted by Crippen LogP contribution is -2.57. The molecule has 0 heterocycles. The van der Waals surface area contributed by atoms with Gasteiger partial charge in [-0.15, -0.1) is 0 Å². The van der Waals surface area contributed by atoms with Gasteiger partial charge in [-0.05, 0) is 54.7 Å². The third-order valence-electron chi connectivity index (χ3n) is 15.6. The highest BCUT2D eigenvalue weighted by Crippen LogP contribution is 2.66. The van der Waals surface area contributed by atoms with Crippen LogP contribution in [0.5, 0.6) is 0 Å². The lowest BCUT2D eigenvalue weighted by molar-refractivity contribution is 0.441. The summed E-state index contributed by atoms with van der Waals surface area (Å²) in [4.78, 5) is 0. The highest BCUT2D eigenvalue weighted by atomic mass is 28.3. The van der Waals surface area contributed by atoms with Crippen molar-refractivity contribution in [3.63, 3.8) is 0 Å². The van der Waals surface area contributed by atoms with Crippen molar-refractivity contribution in [2.24, 2.45) is 11.8 Å². The minimum absolute atomic E-state index is 0.525. The Bertz CT molecular complexity index is 1850. The molecule has 0 bridgehead atoms. The van der Waals surface area contributed by atoms with Crippen LogP contribution < -0.4 is 20.7 Å². The smallest absolute Gasteiger partial charge is 0.0799 e. The number of hydrogen-bond donors (Lipinski definition) is 0. The van der Waals surface area contributed by atoms with Gasteiger partial charge in [0, 0.05) is 0 Å². The molecule has 4 aromatic carbocycles. The summed E-state index contributed by atoms with van der Waals surface area (Å²) in [5.74, 6) is 1.05. The maximum Gasteiger partial charge on any atom is 0.145 e. The Hall–Kier alpha value is -3.51. The van der Waals surface area contributed by atoms with Gasteiger partial charge in [0.15, 0.2) is 0 Å². The van der Waals surface area contributed by atoms with Crippen LogP contribution in [-0.2, 0) is 0 Å². The largest absolute Gasteiger partial charge is 0.145 e. The maximum atomic E-state index is 3.02. The van der Waals surface area contributed by atoms with Gasteiger partial charge in [0.2, 0.25) is 0 Å². The molecule has 0 N–H and O–H groups in total. The Kier molecular flexibility index (Phi) is 12.0. The fraction of sp³-hybridized carbons (Fsp3) is 0.407. The topological polar surface area (TPSA) is 0 Å². The zero-order valence-corrected chi connectivity index (χ0v) is 38.9. The minimum atomic E-state index is -2.30. The molecular weight excluding hydrogens is 733 g/mol. The van der Waals surface area contributed by atoms with Crippen molar-refractivity contribution in [3.8, 4) is 0 Å². The third-order valence-corrected chi connectivity index (χ3v) is 31.7. The van der Waals surface area contributed by atoms with Gasteiger partial charge in [-0.25, -0.2) is 0 Å². The van der Waals surface area contributed by atoms with Crippen LogP contribution in [0.15, 0.2) is 167 Å². The molecule has 57 heavy (non-hydrogen) atoms. The van der Waals surface area contributed by atoms with Crippen molar-refractivity contribution in [1.82, 2.24) is 0 Å². The zero-order valence-electron chi connectivity index (χ0n) is 35.9. The summed E-state index contributed by atoms with van der Waals surface area (Å²) in [5.41, 5.74) is 6.42. The Labute approximate surface area is 349 Å². The first kappa shape index (κ1) is 40.3. The van der Waals surface area contributed by atoms with E-state index in [1.165, 1.54) is 64.2 Å². The average molecular weight is 801 g/mol. The summed E-state index contributed by atoms with van der Waals surface area (Å²) < 4.78 is 0. The Morgan fingerprint density at radius 3 is 0.947 bits per heavy atom. The molecule has 296 valence electrons. The lowest BCUT2D eigenvalue weighted by atomic mass is 9.98. The molecule has 0 amide bonds. The maximum absolute atomic E-state index is 3.02. The predicted octanol–water partition coefficient (Wildman–Crippen LogP) is 12.8. The molecule has 8 rings (SSSR count). The summed E-state index contributed by atoms with van der Waals surface area (Å²) >= 11 is 0. The van der Waals surface area contributed by atoms with E-state index < -0.39 is 24.2 Å². The fourth-order valence-electron chi connectivity index (χ4n) is 12.6. The molecule has 0 nitrogen and oxygen atoms in total. The SMILES string of the molecule is CC(C)C1=CC([Si](C)(c2ccccc2)c2ccccc2)=CC1[Si](C1CCCCC1)(C1CCCCC1)C1C=C([Si](C)(c2ccccc2)c2ccccc2)C=C1C(C)C. The number of allylic oxidation sites excluding steroid dienone is 8. The van der Waals surface area contributed by atoms with Crippen LogP contribution in [0.2, 0.25) is 35.3 Å². The van der Waals surface area contributed by atoms with Crippen LogP contribution in [0.25, 0.3) is 0 Å². The zero-order chi connectivity index (χ0) is 39.6. The van der Waals surface area contributed by atoms with Crippen LogP contribution in [0, 0.1) is 11.8 Å². The van der Waals surface area contributed by atoms with Crippen LogP contribution in [0.1, 0.15) is 91.9 Å². The summed E-state index contributed by atoms with van der Waals surface area (Å²) in [6.45, 7) is 15.5. The summed E-state index contributed by atoms with van der Waals surface area (Å²) in [7, 11) is -6.87. The first-order valence-electron chi connectivity index (χ1n) is 22.8. The highest BCUT2D eigenvalue weighted by Gasteiger charge is 2.60. The molecule has 2 atom stereocenters. The minimum Gasteiger partial charge on any atom is -0.0799 e. The van der Waals surface area contributed by atoms with E-state index in [-0.39, 0.29) is 0 Å². The molecule has 2 fully saturated rings. The summed E-state index contributed by atoms with van der Waals surface area (Å²) in [6.07, 6.45) is 26.0. The van der Waals surface area contributed by atoms with E-state index in [0.717, 1.165) is 11.1 Å². The third kappa shape index (κ3) is 7.18. The van der Waals surface area contributed by atoms with Gasteiger partial charge in [-0.3, -0.25) is 0 Å². The fourth-order valence-corrected chi connectivity index (χ4v) is 29.1. The Morgan fingerprint density at radius 1 is 0.404 bits per heavy atom. The van der Waals surface area contributed by atoms with Crippen molar-refractivity contribution in [2.75, 3.05) is 0 Å². The van der Waals surface area contributed by atoms with Gasteiger partial charge < -0.3 is 0 Å². The molecule has 4 aromatic rings. The second kappa shape index (κ2) is 17.0. The van der Waals surface area contributed by atoms with E-state index in [2.05, 4.69) is 186 Å². The highest BCUT2D eigenvalue weighted by molar-refractivity contribution is 7.08. The molecule has 2 unspecified atom stereocenters. The van der Waals surface area contributed by atoms with E-state index in [1.807, 2.05) is 0 Å². The monoisotopic (exact) mass is 800 g/mol. The van der Waals surface area contributed by atoms with Gasteiger partial charge in [0.05, 0.1) is 8.07 Å². The van der Waals surface area contributed by atoms with Gasteiger partial charge in [0.1, 0.15) is 16.1 Å². The first-order chi connectivity index (χ1) is 27.7. The van der Waals surface area contributed by atoms with Crippen LogP contribution in [0.3, 0.4) is 0 Å². The number of benzene rings is 4. The first-order valence-corrected chi connectivity index (χ1v) is 30.1. The summed E-state index contributed by atoms with van der Waals surface area (Å²) in [5, 5.41) is 9.54. The Balaban J connectivity index is 1.41. The molecule has 0 saturated heterocycles. The van der Waals surface area contributed by atoms with Crippen molar-refractivity contribution in [1.29, 1.82) is 0 Å². The molecule has 0 aliphatic heterocycles. The number of hydrogen-bond acceptors (Lipinski definition) is 0. The van der Waals surface area contributed by atoms with Crippen LogP contribution in [0.4, 0.5) is 0 Å². The van der Waals surface area contributed by atoms with E-state index in [0.29, 0.717) is 22.9 Å². The second-order valence-electron chi connectivity index (χ2n) is 19.2. The van der Waals surface area contributed by atoms with E-state index in [4.69, 9.17) is 0 Å². The molecule has 0 spiro atoms. The van der Waals surface area contributed by atoms with Crippen molar-refractivity contribution in [2.45, 2.75) is 127 Å². The second-order valence-corrected chi connectivity index (χ2v) is 32.0. The molecule has 4 aliphatic carbocycles. The molecule has 3 heteroatoms. The standard InChI is InChI=1S/C54H68Si3/c1-41(2)51-37-49(55(5,43-25-13-7-14-26-43)44-27-15-8-16-28-44)39-53(51)57(47-33-21-11-22-34-47,48-35-23-12-24-36-48)54-40-50(38-52(54)42(3)4)56(6,45-29-17-9-18-30-45)46-31-19-10-20-32-46/h7-10,13-20,25-32,37-42,47-48,53-54H,11-12,21-24,33-36H2,1-6H3.